The molecule has 2 aliphatic rings. The van der Waals surface area contributed by atoms with Crippen LogP contribution in [-0.2, 0) is 11.2 Å². The minimum atomic E-state index is -0.585. The van der Waals surface area contributed by atoms with E-state index in [4.69, 9.17) is 5.73 Å². The van der Waals surface area contributed by atoms with E-state index in [1.54, 1.807) is 23.1 Å². The van der Waals surface area contributed by atoms with Crippen molar-refractivity contribution in [2.24, 2.45) is 10.7 Å². The summed E-state index contributed by atoms with van der Waals surface area (Å²) in [6.07, 6.45) is 8.23. The second-order valence-corrected chi connectivity index (χ2v) is 10.00. The Morgan fingerprint density at radius 1 is 1.18 bits per heavy atom. The number of benzene rings is 2. The van der Waals surface area contributed by atoms with Crippen LogP contribution in [0.15, 0.2) is 59.9 Å². The molecule has 1 aliphatic carbocycles. The number of allylic oxidation sites excluding steroid dienone is 1. The van der Waals surface area contributed by atoms with E-state index in [2.05, 4.69) is 9.98 Å². The van der Waals surface area contributed by atoms with Crippen molar-refractivity contribution >= 4 is 40.1 Å². The van der Waals surface area contributed by atoms with E-state index in [0.29, 0.717) is 24.1 Å². The summed E-state index contributed by atoms with van der Waals surface area (Å²) in [5.74, 6) is -0.272. The van der Waals surface area contributed by atoms with Crippen LogP contribution in [0.2, 0.25) is 0 Å². The van der Waals surface area contributed by atoms with Gasteiger partial charge in [-0.2, -0.15) is 0 Å². The van der Waals surface area contributed by atoms with Crippen molar-refractivity contribution in [2.45, 2.75) is 51.2 Å². The van der Waals surface area contributed by atoms with Gasteiger partial charge in [0.05, 0.1) is 29.1 Å². The van der Waals surface area contributed by atoms with Crippen LogP contribution in [0.25, 0.3) is 16.3 Å². The number of fused-ring (bicyclic) bond motifs is 3. The van der Waals surface area contributed by atoms with Gasteiger partial charge >= 0.3 is 0 Å². The predicted octanol–water partition coefficient (Wildman–Crippen LogP) is 3.90. The van der Waals surface area contributed by atoms with E-state index < -0.39 is 6.10 Å². The number of hydrogen-bond donors (Lipinski definition) is 2. The van der Waals surface area contributed by atoms with E-state index in [9.17, 15) is 14.7 Å². The van der Waals surface area contributed by atoms with Gasteiger partial charge in [-0.05, 0) is 47.9 Å². The topological polar surface area (TPSA) is 112 Å². The van der Waals surface area contributed by atoms with Gasteiger partial charge in [0.15, 0.2) is 0 Å². The SMILES string of the molecule is CN=CC(=CN)c1ccc(Cc2cc3c(c4ccccc24)N(C(C)=O)CN([C@H]2CCCC[C@@H]2O)C3=O)cn1. The molecule has 0 spiro atoms. The number of pyridine rings is 1. The maximum Gasteiger partial charge on any atom is 0.257 e. The first-order valence-corrected chi connectivity index (χ1v) is 13.0. The highest BCUT2D eigenvalue weighted by molar-refractivity contribution is 6.16. The van der Waals surface area contributed by atoms with Gasteiger partial charge in [-0.1, -0.05) is 43.2 Å². The number of aliphatic imine (C=N–C) groups is 1. The Morgan fingerprint density at radius 2 is 1.95 bits per heavy atom. The Kier molecular flexibility index (Phi) is 7.24. The minimum absolute atomic E-state index is 0.133. The molecule has 196 valence electrons. The first-order chi connectivity index (χ1) is 18.4. The van der Waals surface area contributed by atoms with Crippen molar-refractivity contribution < 1.29 is 14.7 Å². The molecule has 1 aliphatic heterocycles. The van der Waals surface area contributed by atoms with Crippen LogP contribution in [0.5, 0.6) is 0 Å². The second kappa shape index (κ2) is 10.8. The molecule has 0 radical (unpaired) electrons. The zero-order chi connectivity index (χ0) is 26.8. The molecule has 0 unspecified atom stereocenters. The molecule has 1 aromatic heterocycles. The lowest BCUT2D eigenvalue weighted by atomic mass is 9.89. The highest BCUT2D eigenvalue weighted by Gasteiger charge is 2.39. The summed E-state index contributed by atoms with van der Waals surface area (Å²) in [5.41, 5.74) is 10.3. The smallest absolute Gasteiger partial charge is 0.257 e. The number of aromatic nitrogens is 1. The number of anilines is 1. The highest BCUT2D eigenvalue weighted by atomic mass is 16.3. The Morgan fingerprint density at radius 3 is 2.61 bits per heavy atom. The zero-order valence-electron chi connectivity index (χ0n) is 21.8. The number of carbonyl (C=O) groups is 2. The fourth-order valence-electron chi connectivity index (χ4n) is 5.70. The first kappa shape index (κ1) is 25.6. The van der Waals surface area contributed by atoms with Crippen molar-refractivity contribution in [1.82, 2.24) is 9.88 Å². The maximum atomic E-state index is 13.9. The van der Waals surface area contributed by atoms with Gasteiger partial charge in [0, 0.05) is 43.5 Å². The molecule has 38 heavy (non-hydrogen) atoms. The molecule has 2 aromatic carbocycles. The number of nitrogens with two attached hydrogens (primary N) is 1. The third-order valence-corrected chi connectivity index (χ3v) is 7.59. The Hall–Kier alpha value is -4.04. The lowest BCUT2D eigenvalue weighted by Gasteiger charge is -2.44. The molecule has 5 rings (SSSR count). The van der Waals surface area contributed by atoms with E-state index >= 15 is 0 Å². The van der Waals surface area contributed by atoms with Gasteiger partial charge < -0.3 is 15.7 Å². The molecule has 0 saturated heterocycles. The number of aliphatic hydroxyl groups is 1. The van der Waals surface area contributed by atoms with Crippen molar-refractivity contribution in [3.05, 3.63) is 77.2 Å². The number of nitrogens with zero attached hydrogens (tertiary/aromatic N) is 4. The number of aliphatic hydroxyl groups excluding tert-OH is 1. The summed E-state index contributed by atoms with van der Waals surface area (Å²) in [5, 5.41) is 12.6. The van der Waals surface area contributed by atoms with E-state index in [1.165, 1.54) is 13.1 Å². The molecule has 2 atom stereocenters. The lowest BCUT2D eigenvalue weighted by molar-refractivity contribution is -0.117. The molecule has 0 bridgehead atoms. The average Bonchev–Trinajstić information content (AvgIpc) is 2.93. The van der Waals surface area contributed by atoms with Crippen LogP contribution in [0.3, 0.4) is 0 Å². The van der Waals surface area contributed by atoms with Gasteiger partial charge in [0.1, 0.15) is 6.67 Å². The molecule has 3 aromatic rings. The van der Waals surface area contributed by atoms with Gasteiger partial charge in [0.25, 0.3) is 5.91 Å². The fourth-order valence-corrected chi connectivity index (χ4v) is 5.70. The minimum Gasteiger partial charge on any atom is -0.404 e. The number of rotatable bonds is 5. The molecule has 1 saturated carbocycles. The molecular formula is C30H33N5O3. The first-order valence-electron chi connectivity index (χ1n) is 13.0. The van der Waals surface area contributed by atoms with Crippen molar-refractivity contribution in [3.8, 4) is 0 Å². The van der Waals surface area contributed by atoms with Crippen LogP contribution in [-0.4, -0.2) is 58.9 Å². The summed E-state index contributed by atoms with van der Waals surface area (Å²) < 4.78 is 0. The molecular weight excluding hydrogens is 478 g/mol. The van der Waals surface area contributed by atoms with Gasteiger partial charge in [-0.15, -0.1) is 0 Å². The number of carbonyl (C=O) groups excluding carboxylic acids is 2. The molecule has 2 amide bonds. The maximum absolute atomic E-state index is 13.9. The highest BCUT2D eigenvalue weighted by Crippen LogP contribution is 2.39. The van der Waals surface area contributed by atoms with Crippen LogP contribution < -0.4 is 10.6 Å². The zero-order valence-corrected chi connectivity index (χ0v) is 21.8. The molecule has 1 fully saturated rings. The summed E-state index contributed by atoms with van der Waals surface area (Å²) in [4.78, 5) is 38.7. The van der Waals surface area contributed by atoms with Gasteiger partial charge in [-0.3, -0.25) is 24.5 Å². The molecule has 2 heterocycles. The summed E-state index contributed by atoms with van der Waals surface area (Å²) >= 11 is 0. The third kappa shape index (κ3) is 4.67. The molecule has 3 N–H and O–H groups in total. The largest absolute Gasteiger partial charge is 0.404 e. The number of amides is 2. The third-order valence-electron chi connectivity index (χ3n) is 7.59. The molecule has 8 nitrogen and oxygen atoms in total. The number of hydrogen-bond acceptors (Lipinski definition) is 6. The normalized spacial score (nSPS) is 20.3. The van der Waals surface area contributed by atoms with Crippen LogP contribution >= 0.6 is 0 Å². The standard InChI is InChI=1S/C30H33N5O3/c1-19(36)34-18-35(27-9-5-6-10-28(27)37)30(38)25-14-21(23-7-3-4-8-24(23)29(25)34)13-20-11-12-26(33-16-20)22(15-31)17-32-2/h3-4,7-8,11-12,14-17,27-28,37H,5-6,9-10,13,18,31H2,1-2H3/t27-,28-/m0/s1. The molecule has 8 heteroatoms. The fraction of sp³-hybridized carbons (Fsp3) is 0.333. The second-order valence-electron chi connectivity index (χ2n) is 10.00. The summed E-state index contributed by atoms with van der Waals surface area (Å²) in [7, 11) is 1.68. The van der Waals surface area contributed by atoms with E-state index in [0.717, 1.165) is 52.4 Å². The quantitative estimate of drug-likeness (QED) is 0.505. The van der Waals surface area contributed by atoms with E-state index in [1.807, 2.05) is 48.7 Å². The summed E-state index contributed by atoms with van der Waals surface area (Å²) in [6, 6.07) is 13.4. The Bertz CT molecular complexity index is 1430. The van der Waals surface area contributed by atoms with Crippen molar-refractivity contribution in [2.75, 3.05) is 18.6 Å². The van der Waals surface area contributed by atoms with E-state index in [-0.39, 0.29) is 24.5 Å². The predicted molar refractivity (Wildman–Crippen MR) is 150 cm³/mol. The Labute approximate surface area is 222 Å². The van der Waals surface area contributed by atoms with Gasteiger partial charge in [0.2, 0.25) is 5.91 Å². The summed E-state index contributed by atoms with van der Waals surface area (Å²) in [6.45, 7) is 1.67. The average molecular weight is 512 g/mol. The van der Waals surface area contributed by atoms with Gasteiger partial charge in [-0.25, -0.2) is 0 Å². The monoisotopic (exact) mass is 511 g/mol. The van der Waals surface area contributed by atoms with Crippen LogP contribution in [0, 0.1) is 0 Å². The van der Waals surface area contributed by atoms with Crippen LogP contribution in [0.1, 0.15) is 59.8 Å². The van der Waals surface area contributed by atoms with Crippen LogP contribution in [0.4, 0.5) is 5.69 Å². The van der Waals surface area contributed by atoms with Crippen molar-refractivity contribution in [1.29, 1.82) is 0 Å². The van der Waals surface area contributed by atoms with Crippen molar-refractivity contribution in [3.63, 3.8) is 0 Å². The Balaban J connectivity index is 1.58. The lowest BCUT2D eigenvalue weighted by Crippen LogP contribution is -2.56.